The molecule has 1 fully saturated rings. The first-order chi connectivity index (χ1) is 7.25. The van der Waals surface area contributed by atoms with Crippen molar-refractivity contribution in [3.05, 3.63) is 23.9 Å². The number of nitrogens with one attached hydrogen (secondary N) is 1. The molecule has 0 aromatic carbocycles. The van der Waals surface area contributed by atoms with Crippen molar-refractivity contribution >= 4 is 0 Å². The Morgan fingerprint density at radius 2 is 2.40 bits per heavy atom. The van der Waals surface area contributed by atoms with E-state index in [2.05, 4.69) is 10.3 Å². The number of hydrogen-bond donors (Lipinski definition) is 1. The van der Waals surface area contributed by atoms with E-state index < -0.39 is 11.6 Å². The molecule has 0 saturated carbocycles. The summed E-state index contributed by atoms with van der Waals surface area (Å²) in [6, 6.07) is 1.01. The first-order valence-corrected chi connectivity index (χ1v) is 4.93. The topological polar surface area (TPSA) is 34.1 Å². The Morgan fingerprint density at radius 3 is 3.07 bits per heavy atom. The number of halogens is 2. The third kappa shape index (κ3) is 2.62. The summed E-state index contributed by atoms with van der Waals surface area (Å²) in [5.41, 5.74) is 0. The van der Waals surface area contributed by atoms with Crippen molar-refractivity contribution in [2.45, 2.75) is 18.9 Å². The van der Waals surface area contributed by atoms with Crippen molar-refractivity contribution < 1.29 is 13.5 Å². The smallest absolute Gasteiger partial charge is 0.250 e. The van der Waals surface area contributed by atoms with Crippen LogP contribution in [0, 0.1) is 11.6 Å². The number of rotatable bonds is 3. The van der Waals surface area contributed by atoms with E-state index in [4.69, 9.17) is 4.74 Å². The average Bonchev–Trinajstić information content (AvgIpc) is 2.69. The fourth-order valence-corrected chi connectivity index (χ4v) is 1.59. The van der Waals surface area contributed by atoms with Gasteiger partial charge < -0.3 is 10.1 Å². The first-order valence-electron chi connectivity index (χ1n) is 4.93. The van der Waals surface area contributed by atoms with Crippen molar-refractivity contribution in [2.24, 2.45) is 0 Å². The van der Waals surface area contributed by atoms with Crippen LogP contribution >= 0.6 is 0 Å². The van der Waals surface area contributed by atoms with Crippen LogP contribution in [0.1, 0.15) is 12.8 Å². The van der Waals surface area contributed by atoms with Gasteiger partial charge in [-0.15, -0.1) is 0 Å². The summed E-state index contributed by atoms with van der Waals surface area (Å²) in [5, 5.41) is 3.21. The van der Waals surface area contributed by atoms with Gasteiger partial charge >= 0.3 is 0 Å². The van der Waals surface area contributed by atoms with Gasteiger partial charge in [-0.2, -0.15) is 0 Å². The minimum Gasteiger partial charge on any atom is -0.474 e. The Morgan fingerprint density at radius 1 is 1.53 bits per heavy atom. The van der Waals surface area contributed by atoms with Crippen molar-refractivity contribution in [1.82, 2.24) is 10.3 Å². The fraction of sp³-hybridized carbons (Fsp3) is 0.500. The summed E-state index contributed by atoms with van der Waals surface area (Å²) in [7, 11) is 0. The maximum Gasteiger partial charge on any atom is 0.250 e. The van der Waals surface area contributed by atoms with E-state index in [0.717, 1.165) is 31.6 Å². The van der Waals surface area contributed by atoms with Crippen LogP contribution < -0.4 is 10.1 Å². The van der Waals surface area contributed by atoms with E-state index in [-0.39, 0.29) is 11.9 Å². The molecule has 1 aliphatic heterocycles. The van der Waals surface area contributed by atoms with Gasteiger partial charge in [-0.1, -0.05) is 0 Å². The van der Waals surface area contributed by atoms with Gasteiger partial charge in [-0.3, -0.25) is 0 Å². The summed E-state index contributed by atoms with van der Waals surface area (Å²) in [6.07, 6.45) is 3.07. The lowest BCUT2D eigenvalue weighted by molar-refractivity contribution is 0.254. The van der Waals surface area contributed by atoms with Crippen molar-refractivity contribution in [2.75, 3.05) is 13.2 Å². The molecule has 1 aromatic heterocycles. The Bertz CT molecular complexity index is 340. The van der Waals surface area contributed by atoms with Crippen LogP contribution in [0.2, 0.25) is 0 Å². The molecule has 3 nitrogen and oxygen atoms in total. The highest BCUT2D eigenvalue weighted by Gasteiger charge is 2.16. The normalized spacial score (nSPS) is 20.5. The summed E-state index contributed by atoms with van der Waals surface area (Å²) < 4.78 is 30.8. The van der Waals surface area contributed by atoms with E-state index in [9.17, 15) is 8.78 Å². The second-order valence-corrected chi connectivity index (χ2v) is 3.54. The SMILES string of the molecule is Fc1cnc(OCC2CCCN2)c(F)c1. The zero-order chi connectivity index (χ0) is 10.7. The van der Waals surface area contributed by atoms with Gasteiger partial charge in [0.05, 0.1) is 6.20 Å². The molecule has 5 heteroatoms. The van der Waals surface area contributed by atoms with Crippen molar-refractivity contribution in [3.8, 4) is 5.88 Å². The lowest BCUT2D eigenvalue weighted by atomic mass is 10.2. The third-order valence-electron chi connectivity index (χ3n) is 2.36. The van der Waals surface area contributed by atoms with Crippen LogP contribution in [0.15, 0.2) is 12.3 Å². The van der Waals surface area contributed by atoms with Gasteiger partial charge in [0.25, 0.3) is 5.88 Å². The average molecular weight is 214 g/mol. The molecule has 82 valence electrons. The molecule has 0 bridgehead atoms. The Labute approximate surface area is 86.5 Å². The Hall–Kier alpha value is -1.23. The lowest BCUT2D eigenvalue weighted by Gasteiger charge is -2.11. The molecule has 0 spiro atoms. The molecule has 0 amide bonds. The number of nitrogens with zero attached hydrogens (tertiary/aromatic N) is 1. The highest BCUT2D eigenvalue weighted by atomic mass is 19.1. The summed E-state index contributed by atoms with van der Waals surface area (Å²) in [4.78, 5) is 3.54. The van der Waals surface area contributed by atoms with Gasteiger partial charge in [-0.05, 0) is 19.4 Å². The van der Waals surface area contributed by atoms with Crippen molar-refractivity contribution in [1.29, 1.82) is 0 Å². The minimum atomic E-state index is -0.756. The molecule has 1 aliphatic rings. The second kappa shape index (κ2) is 4.53. The zero-order valence-electron chi connectivity index (χ0n) is 8.17. The van der Waals surface area contributed by atoms with Crippen LogP contribution in [0.4, 0.5) is 8.78 Å². The number of ether oxygens (including phenoxy) is 1. The van der Waals surface area contributed by atoms with Gasteiger partial charge in [0.2, 0.25) is 0 Å². The zero-order valence-corrected chi connectivity index (χ0v) is 8.17. The molecule has 2 rings (SSSR count). The van der Waals surface area contributed by atoms with Crippen LogP contribution in [0.5, 0.6) is 5.88 Å². The maximum absolute atomic E-state index is 13.1. The van der Waals surface area contributed by atoms with Crippen LogP contribution in [-0.4, -0.2) is 24.2 Å². The van der Waals surface area contributed by atoms with Crippen LogP contribution in [0.3, 0.4) is 0 Å². The number of aromatic nitrogens is 1. The highest BCUT2D eigenvalue weighted by Crippen LogP contribution is 2.15. The van der Waals surface area contributed by atoms with Gasteiger partial charge in [0.1, 0.15) is 12.4 Å². The number of pyridine rings is 1. The molecule has 1 atom stereocenters. The largest absolute Gasteiger partial charge is 0.474 e. The predicted octanol–water partition coefficient (Wildman–Crippen LogP) is 1.49. The minimum absolute atomic E-state index is 0.134. The van der Waals surface area contributed by atoms with Gasteiger partial charge in [0.15, 0.2) is 5.82 Å². The summed E-state index contributed by atoms with van der Waals surface area (Å²) in [6.45, 7) is 1.34. The van der Waals surface area contributed by atoms with Crippen molar-refractivity contribution in [3.63, 3.8) is 0 Å². The van der Waals surface area contributed by atoms with E-state index in [1.165, 1.54) is 0 Å². The van der Waals surface area contributed by atoms with Gasteiger partial charge in [-0.25, -0.2) is 13.8 Å². The molecule has 15 heavy (non-hydrogen) atoms. The van der Waals surface area contributed by atoms with Gasteiger partial charge in [0, 0.05) is 12.1 Å². The van der Waals surface area contributed by atoms with E-state index in [1.54, 1.807) is 0 Å². The molecule has 0 radical (unpaired) electrons. The quantitative estimate of drug-likeness (QED) is 0.827. The monoisotopic (exact) mass is 214 g/mol. The Balaban J connectivity index is 1.92. The molecule has 1 unspecified atom stereocenters. The highest BCUT2D eigenvalue weighted by molar-refractivity contribution is 5.14. The third-order valence-corrected chi connectivity index (χ3v) is 2.36. The van der Waals surface area contributed by atoms with Crippen LogP contribution in [-0.2, 0) is 0 Å². The van der Waals surface area contributed by atoms with E-state index >= 15 is 0 Å². The molecule has 1 N–H and O–H groups in total. The molecule has 0 aliphatic carbocycles. The standard InChI is InChI=1S/C10H12F2N2O/c11-7-4-9(12)10(14-5-7)15-6-8-2-1-3-13-8/h4-5,8,13H,1-3,6H2. The lowest BCUT2D eigenvalue weighted by Crippen LogP contribution is -2.28. The number of hydrogen-bond acceptors (Lipinski definition) is 3. The van der Waals surface area contributed by atoms with E-state index in [0.29, 0.717) is 6.61 Å². The molecule has 1 saturated heterocycles. The predicted molar refractivity (Wildman–Crippen MR) is 50.7 cm³/mol. The Kier molecular flexibility index (Phi) is 3.11. The van der Waals surface area contributed by atoms with Crippen LogP contribution in [0.25, 0.3) is 0 Å². The molecular formula is C10H12F2N2O. The molecule has 2 heterocycles. The fourth-order valence-electron chi connectivity index (χ4n) is 1.59. The molecule has 1 aromatic rings. The second-order valence-electron chi connectivity index (χ2n) is 3.54. The molecular weight excluding hydrogens is 202 g/mol. The maximum atomic E-state index is 13.1. The van der Waals surface area contributed by atoms with E-state index in [1.807, 2.05) is 0 Å². The first kappa shape index (κ1) is 10.3. The summed E-state index contributed by atoms with van der Waals surface area (Å²) >= 11 is 0. The summed E-state index contributed by atoms with van der Waals surface area (Å²) in [5.74, 6) is -1.59.